The Morgan fingerprint density at radius 1 is 1.04 bits per heavy atom. The minimum Gasteiger partial charge on any atom is -0.454 e. The zero-order chi connectivity index (χ0) is 15.7. The van der Waals surface area contributed by atoms with E-state index in [2.05, 4.69) is 17.4 Å². The van der Waals surface area contributed by atoms with Crippen LogP contribution in [-0.4, -0.2) is 12.7 Å². The number of carbonyl (C=O) groups excluding carboxylic acids is 1. The average Bonchev–Trinajstić information content (AvgIpc) is 3.00. The zero-order valence-electron chi connectivity index (χ0n) is 12.9. The molecule has 4 nitrogen and oxygen atoms in total. The SMILES string of the molecule is O=C(NCc1ccc2c(c1)OCO2)C1(c2ccccc2)CCC1. The van der Waals surface area contributed by atoms with Crippen LogP contribution in [0.4, 0.5) is 0 Å². The minimum absolute atomic E-state index is 0.118. The topological polar surface area (TPSA) is 47.6 Å². The van der Waals surface area contributed by atoms with Gasteiger partial charge < -0.3 is 14.8 Å². The largest absolute Gasteiger partial charge is 0.454 e. The van der Waals surface area contributed by atoms with Gasteiger partial charge in [-0.05, 0) is 36.1 Å². The Labute approximate surface area is 135 Å². The summed E-state index contributed by atoms with van der Waals surface area (Å²) in [6, 6.07) is 15.9. The van der Waals surface area contributed by atoms with E-state index in [9.17, 15) is 4.79 Å². The smallest absolute Gasteiger partial charge is 0.231 e. The van der Waals surface area contributed by atoms with Crippen LogP contribution < -0.4 is 14.8 Å². The van der Waals surface area contributed by atoms with Crippen molar-refractivity contribution in [3.8, 4) is 11.5 Å². The number of benzene rings is 2. The molecule has 0 spiro atoms. The van der Waals surface area contributed by atoms with Crippen molar-refractivity contribution in [2.24, 2.45) is 0 Å². The molecule has 1 N–H and O–H groups in total. The van der Waals surface area contributed by atoms with E-state index < -0.39 is 0 Å². The minimum atomic E-state index is -0.350. The number of hydrogen-bond donors (Lipinski definition) is 1. The number of fused-ring (bicyclic) bond motifs is 1. The third-order valence-corrected chi connectivity index (χ3v) is 4.86. The highest BCUT2D eigenvalue weighted by atomic mass is 16.7. The average molecular weight is 309 g/mol. The molecule has 1 heterocycles. The Morgan fingerprint density at radius 3 is 2.57 bits per heavy atom. The summed E-state index contributed by atoms with van der Waals surface area (Å²) in [6.07, 6.45) is 2.94. The summed E-state index contributed by atoms with van der Waals surface area (Å²) in [5.74, 6) is 1.63. The molecule has 0 saturated heterocycles. The summed E-state index contributed by atoms with van der Waals surface area (Å²) >= 11 is 0. The van der Waals surface area contributed by atoms with Gasteiger partial charge in [0, 0.05) is 6.54 Å². The Balaban J connectivity index is 1.47. The van der Waals surface area contributed by atoms with Crippen molar-refractivity contribution >= 4 is 5.91 Å². The first kappa shape index (κ1) is 14.1. The first-order valence-corrected chi connectivity index (χ1v) is 8.00. The molecular weight excluding hydrogens is 290 g/mol. The van der Waals surface area contributed by atoms with Crippen LogP contribution in [0.3, 0.4) is 0 Å². The van der Waals surface area contributed by atoms with Crippen LogP contribution in [0.25, 0.3) is 0 Å². The molecule has 0 unspecified atom stereocenters. The monoisotopic (exact) mass is 309 g/mol. The molecule has 0 bridgehead atoms. The van der Waals surface area contributed by atoms with Gasteiger partial charge in [-0.2, -0.15) is 0 Å². The van der Waals surface area contributed by atoms with Gasteiger partial charge in [-0.1, -0.05) is 42.8 Å². The lowest BCUT2D eigenvalue weighted by Gasteiger charge is -2.40. The van der Waals surface area contributed by atoms with Crippen molar-refractivity contribution in [3.05, 3.63) is 59.7 Å². The van der Waals surface area contributed by atoms with Crippen LogP contribution >= 0.6 is 0 Å². The third-order valence-electron chi connectivity index (χ3n) is 4.86. The maximum atomic E-state index is 12.8. The predicted octanol–water partition coefficient (Wildman–Crippen LogP) is 3.15. The van der Waals surface area contributed by atoms with Gasteiger partial charge in [0.25, 0.3) is 0 Å². The molecule has 1 saturated carbocycles. The maximum absolute atomic E-state index is 12.8. The van der Waals surface area contributed by atoms with Gasteiger partial charge in [0.15, 0.2) is 11.5 Å². The zero-order valence-corrected chi connectivity index (χ0v) is 12.9. The molecule has 1 amide bonds. The molecule has 1 aliphatic carbocycles. The second kappa shape index (κ2) is 5.61. The highest BCUT2D eigenvalue weighted by molar-refractivity contribution is 5.89. The maximum Gasteiger partial charge on any atom is 0.231 e. The molecule has 4 heteroatoms. The van der Waals surface area contributed by atoms with E-state index in [1.54, 1.807) is 0 Å². The standard InChI is InChI=1S/C19H19NO3/c21-18(19(9-4-10-19)15-5-2-1-3-6-15)20-12-14-7-8-16-17(11-14)23-13-22-16/h1-3,5-8,11H,4,9-10,12-13H2,(H,20,21). The molecule has 0 atom stereocenters. The van der Waals surface area contributed by atoms with Gasteiger partial charge in [0.05, 0.1) is 5.41 Å². The fourth-order valence-corrected chi connectivity index (χ4v) is 3.34. The van der Waals surface area contributed by atoms with Crippen molar-refractivity contribution in [2.45, 2.75) is 31.2 Å². The number of hydrogen-bond acceptors (Lipinski definition) is 3. The van der Waals surface area contributed by atoms with E-state index in [4.69, 9.17) is 9.47 Å². The second-order valence-electron chi connectivity index (χ2n) is 6.17. The van der Waals surface area contributed by atoms with Crippen molar-refractivity contribution in [3.63, 3.8) is 0 Å². The summed E-state index contributed by atoms with van der Waals surface area (Å²) in [5.41, 5.74) is 1.79. The predicted molar refractivity (Wildman–Crippen MR) is 86.4 cm³/mol. The van der Waals surface area contributed by atoms with Gasteiger partial charge in [-0.25, -0.2) is 0 Å². The molecule has 0 radical (unpaired) electrons. The number of rotatable bonds is 4. The normalized spacial score (nSPS) is 17.4. The fraction of sp³-hybridized carbons (Fsp3) is 0.316. The first-order valence-electron chi connectivity index (χ1n) is 8.00. The molecule has 118 valence electrons. The van der Waals surface area contributed by atoms with E-state index >= 15 is 0 Å². The molecule has 2 aromatic carbocycles. The summed E-state index contributed by atoms with van der Waals surface area (Å²) in [4.78, 5) is 12.8. The van der Waals surface area contributed by atoms with Crippen molar-refractivity contribution < 1.29 is 14.3 Å². The number of nitrogens with one attached hydrogen (secondary N) is 1. The lowest BCUT2D eigenvalue weighted by molar-refractivity contribution is -0.130. The Kier molecular flexibility index (Phi) is 3.45. The van der Waals surface area contributed by atoms with Gasteiger partial charge >= 0.3 is 0 Å². The van der Waals surface area contributed by atoms with E-state index in [-0.39, 0.29) is 18.1 Å². The third kappa shape index (κ3) is 2.44. The highest BCUT2D eigenvalue weighted by Crippen LogP contribution is 2.44. The van der Waals surface area contributed by atoms with Crippen molar-refractivity contribution in [1.29, 1.82) is 0 Å². The molecule has 1 aliphatic heterocycles. The lowest BCUT2D eigenvalue weighted by atomic mass is 9.64. The molecular formula is C19H19NO3. The van der Waals surface area contributed by atoms with E-state index in [0.29, 0.717) is 6.54 Å². The number of amides is 1. The van der Waals surface area contributed by atoms with E-state index in [0.717, 1.165) is 41.9 Å². The first-order chi connectivity index (χ1) is 11.3. The Hall–Kier alpha value is -2.49. The fourth-order valence-electron chi connectivity index (χ4n) is 3.34. The summed E-state index contributed by atoms with van der Waals surface area (Å²) < 4.78 is 10.7. The summed E-state index contributed by atoms with van der Waals surface area (Å²) in [7, 11) is 0. The van der Waals surface area contributed by atoms with Crippen LogP contribution in [0.2, 0.25) is 0 Å². The van der Waals surface area contributed by atoms with Crippen LogP contribution in [0.15, 0.2) is 48.5 Å². The van der Waals surface area contributed by atoms with Gasteiger partial charge in [-0.15, -0.1) is 0 Å². The molecule has 4 rings (SSSR count). The van der Waals surface area contributed by atoms with Crippen LogP contribution in [0, 0.1) is 0 Å². The molecule has 0 aromatic heterocycles. The van der Waals surface area contributed by atoms with Gasteiger partial charge in [-0.3, -0.25) is 4.79 Å². The van der Waals surface area contributed by atoms with Crippen LogP contribution in [-0.2, 0) is 16.8 Å². The van der Waals surface area contributed by atoms with Gasteiger partial charge in [0.1, 0.15) is 0 Å². The Bertz CT molecular complexity index is 723. The lowest BCUT2D eigenvalue weighted by Crippen LogP contribution is -2.48. The molecule has 23 heavy (non-hydrogen) atoms. The molecule has 2 aromatic rings. The van der Waals surface area contributed by atoms with Crippen molar-refractivity contribution in [2.75, 3.05) is 6.79 Å². The van der Waals surface area contributed by atoms with Crippen LogP contribution in [0.1, 0.15) is 30.4 Å². The number of carbonyl (C=O) groups is 1. The van der Waals surface area contributed by atoms with Gasteiger partial charge in [0.2, 0.25) is 12.7 Å². The molecule has 2 aliphatic rings. The number of ether oxygens (including phenoxy) is 2. The summed E-state index contributed by atoms with van der Waals surface area (Å²) in [6.45, 7) is 0.770. The molecule has 1 fully saturated rings. The van der Waals surface area contributed by atoms with Crippen LogP contribution in [0.5, 0.6) is 11.5 Å². The quantitative estimate of drug-likeness (QED) is 0.944. The van der Waals surface area contributed by atoms with E-state index in [1.807, 2.05) is 36.4 Å². The Morgan fingerprint density at radius 2 is 1.83 bits per heavy atom. The van der Waals surface area contributed by atoms with E-state index in [1.165, 1.54) is 0 Å². The van der Waals surface area contributed by atoms with Crippen molar-refractivity contribution in [1.82, 2.24) is 5.32 Å². The highest BCUT2D eigenvalue weighted by Gasteiger charge is 2.45. The summed E-state index contributed by atoms with van der Waals surface area (Å²) in [5, 5.41) is 3.10. The second-order valence-corrected chi connectivity index (χ2v) is 6.17.